The molecule has 0 aliphatic heterocycles. The molecule has 2 amide bonds. The molecule has 2 rings (SSSR count). The van der Waals surface area contributed by atoms with Crippen molar-refractivity contribution in [2.75, 3.05) is 18.9 Å². The minimum absolute atomic E-state index is 0.116. The van der Waals surface area contributed by atoms with E-state index in [0.717, 1.165) is 31.4 Å². The van der Waals surface area contributed by atoms with Crippen LogP contribution < -0.4 is 10.6 Å². The van der Waals surface area contributed by atoms with E-state index >= 15 is 0 Å². The zero-order valence-electron chi connectivity index (χ0n) is 12.3. The van der Waals surface area contributed by atoms with Crippen molar-refractivity contribution in [2.45, 2.75) is 36.6 Å². The largest absolute Gasteiger partial charge is 0.396 e. The van der Waals surface area contributed by atoms with E-state index in [1.807, 2.05) is 18.2 Å². The van der Waals surface area contributed by atoms with E-state index in [9.17, 15) is 9.90 Å². The summed E-state index contributed by atoms with van der Waals surface area (Å²) in [5.74, 6) is 1.06. The summed E-state index contributed by atoms with van der Waals surface area (Å²) in [5, 5.41) is 15.2. The van der Waals surface area contributed by atoms with E-state index in [0.29, 0.717) is 6.54 Å². The van der Waals surface area contributed by atoms with E-state index in [2.05, 4.69) is 22.8 Å². The van der Waals surface area contributed by atoms with Gasteiger partial charge in [-0.15, -0.1) is 11.8 Å². The number of nitrogens with one attached hydrogen (secondary N) is 2. The molecule has 0 saturated heterocycles. The zero-order chi connectivity index (χ0) is 14.9. The standard InChI is InChI=1S/C16H24N2O2S/c19-12-13-6-4-5-9-15(13)18-16(20)17-10-11-21-14-7-2-1-3-8-14/h1-3,7-8,13,15,19H,4-6,9-12H2,(H2,17,18,20). The summed E-state index contributed by atoms with van der Waals surface area (Å²) in [6.45, 7) is 0.802. The number of rotatable bonds is 6. The van der Waals surface area contributed by atoms with Crippen molar-refractivity contribution >= 4 is 17.8 Å². The number of aliphatic hydroxyl groups is 1. The minimum atomic E-state index is -0.117. The normalized spacial score (nSPS) is 21.8. The highest BCUT2D eigenvalue weighted by molar-refractivity contribution is 7.99. The van der Waals surface area contributed by atoms with Crippen LogP contribution in [0.15, 0.2) is 35.2 Å². The summed E-state index contributed by atoms with van der Waals surface area (Å²) in [4.78, 5) is 13.1. The lowest BCUT2D eigenvalue weighted by Gasteiger charge is -2.30. The molecule has 0 radical (unpaired) electrons. The Bertz CT molecular complexity index is 428. The average Bonchev–Trinajstić information content (AvgIpc) is 2.53. The molecule has 1 aromatic carbocycles. The lowest BCUT2D eigenvalue weighted by atomic mass is 9.85. The van der Waals surface area contributed by atoms with E-state index in [1.165, 1.54) is 4.90 Å². The first-order valence-electron chi connectivity index (χ1n) is 7.62. The van der Waals surface area contributed by atoms with Crippen molar-refractivity contribution in [2.24, 2.45) is 5.92 Å². The topological polar surface area (TPSA) is 61.4 Å². The number of aliphatic hydroxyl groups excluding tert-OH is 1. The number of carbonyl (C=O) groups excluding carboxylic acids is 1. The fraction of sp³-hybridized carbons (Fsp3) is 0.562. The molecule has 2 atom stereocenters. The molecule has 1 aliphatic carbocycles. The summed E-state index contributed by atoms with van der Waals surface area (Å²) in [6.07, 6.45) is 4.26. The van der Waals surface area contributed by atoms with Gasteiger partial charge in [0.2, 0.25) is 0 Å². The monoisotopic (exact) mass is 308 g/mol. The summed E-state index contributed by atoms with van der Waals surface area (Å²) >= 11 is 1.73. The first kappa shape index (κ1) is 16.2. The van der Waals surface area contributed by atoms with Crippen LogP contribution in [0.3, 0.4) is 0 Å². The molecule has 116 valence electrons. The number of benzene rings is 1. The van der Waals surface area contributed by atoms with Gasteiger partial charge < -0.3 is 15.7 Å². The molecule has 4 nitrogen and oxygen atoms in total. The van der Waals surface area contributed by atoms with Gasteiger partial charge in [-0.3, -0.25) is 0 Å². The Hall–Kier alpha value is -1.20. The van der Waals surface area contributed by atoms with Crippen LogP contribution in [-0.4, -0.2) is 36.1 Å². The maximum absolute atomic E-state index is 11.9. The Kier molecular flexibility index (Phi) is 6.89. The van der Waals surface area contributed by atoms with Gasteiger partial charge in [0.1, 0.15) is 0 Å². The summed E-state index contributed by atoms with van der Waals surface area (Å²) < 4.78 is 0. The van der Waals surface area contributed by atoms with E-state index in [1.54, 1.807) is 11.8 Å². The number of hydrogen-bond acceptors (Lipinski definition) is 3. The third kappa shape index (κ3) is 5.59. The number of hydrogen-bond donors (Lipinski definition) is 3. The van der Waals surface area contributed by atoms with E-state index in [-0.39, 0.29) is 24.6 Å². The van der Waals surface area contributed by atoms with Crippen LogP contribution in [0.25, 0.3) is 0 Å². The fourth-order valence-corrected chi connectivity index (χ4v) is 3.48. The molecule has 21 heavy (non-hydrogen) atoms. The van der Waals surface area contributed by atoms with Gasteiger partial charge in [0.05, 0.1) is 0 Å². The van der Waals surface area contributed by atoms with Crippen LogP contribution in [0, 0.1) is 5.92 Å². The Balaban J connectivity index is 1.63. The highest BCUT2D eigenvalue weighted by Gasteiger charge is 2.25. The van der Waals surface area contributed by atoms with Crippen LogP contribution in [0.1, 0.15) is 25.7 Å². The SMILES string of the molecule is O=C(NCCSc1ccccc1)NC1CCCCC1CO. The smallest absolute Gasteiger partial charge is 0.315 e. The van der Waals surface area contributed by atoms with Crippen LogP contribution in [-0.2, 0) is 0 Å². The third-order valence-corrected chi connectivity index (χ3v) is 4.87. The molecule has 1 fully saturated rings. The molecule has 1 aliphatic rings. The molecule has 0 heterocycles. The first-order valence-corrected chi connectivity index (χ1v) is 8.61. The predicted octanol–water partition coefficient (Wildman–Crippen LogP) is 2.63. The maximum atomic E-state index is 11.9. The van der Waals surface area contributed by atoms with Crippen molar-refractivity contribution < 1.29 is 9.90 Å². The van der Waals surface area contributed by atoms with Crippen LogP contribution >= 0.6 is 11.8 Å². The number of thioether (sulfide) groups is 1. The predicted molar refractivity (Wildman–Crippen MR) is 86.5 cm³/mol. The Morgan fingerprint density at radius 3 is 2.76 bits per heavy atom. The van der Waals surface area contributed by atoms with Crippen LogP contribution in [0.2, 0.25) is 0 Å². The van der Waals surface area contributed by atoms with Gasteiger partial charge in [0.25, 0.3) is 0 Å². The molecule has 1 saturated carbocycles. The van der Waals surface area contributed by atoms with Crippen molar-refractivity contribution in [3.8, 4) is 0 Å². The van der Waals surface area contributed by atoms with Crippen LogP contribution in [0.5, 0.6) is 0 Å². The van der Waals surface area contributed by atoms with Gasteiger partial charge in [-0.25, -0.2) is 4.79 Å². The molecular formula is C16H24N2O2S. The minimum Gasteiger partial charge on any atom is -0.396 e. The molecule has 1 aromatic rings. The Morgan fingerprint density at radius 1 is 1.24 bits per heavy atom. The molecule has 5 heteroatoms. The van der Waals surface area contributed by atoms with Gasteiger partial charge in [-0.1, -0.05) is 31.0 Å². The summed E-state index contributed by atoms with van der Waals surface area (Å²) in [7, 11) is 0. The Labute approximate surface area is 130 Å². The van der Waals surface area contributed by atoms with Crippen molar-refractivity contribution in [3.05, 3.63) is 30.3 Å². The quantitative estimate of drug-likeness (QED) is 0.559. The molecule has 0 aromatic heterocycles. The van der Waals surface area contributed by atoms with E-state index < -0.39 is 0 Å². The number of urea groups is 1. The van der Waals surface area contributed by atoms with Crippen molar-refractivity contribution in [3.63, 3.8) is 0 Å². The molecule has 0 bridgehead atoms. The van der Waals surface area contributed by atoms with Crippen LogP contribution in [0.4, 0.5) is 4.79 Å². The lowest BCUT2D eigenvalue weighted by molar-refractivity contribution is 0.154. The maximum Gasteiger partial charge on any atom is 0.315 e. The highest BCUT2D eigenvalue weighted by atomic mass is 32.2. The number of amides is 2. The third-order valence-electron chi connectivity index (χ3n) is 3.86. The van der Waals surface area contributed by atoms with Crippen molar-refractivity contribution in [1.29, 1.82) is 0 Å². The van der Waals surface area contributed by atoms with Gasteiger partial charge in [-0.2, -0.15) is 0 Å². The molecule has 3 N–H and O–H groups in total. The fourth-order valence-electron chi connectivity index (χ4n) is 2.69. The second-order valence-corrected chi connectivity index (χ2v) is 6.56. The molecular weight excluding hydrogens is 284 g/mol. The van der Waals surface area contributed by atoms with Gasteiger partial charge in [0, 0.05) is 35.8 Å². The first-order chi connectivity index (χ1) is 10.3. The van der Waals surface area contributed by atoms with Gasteiger partial charge in [0.15, 0.2) is 0 Å². The Morgan fingerprint density at radius 2 is 2.00 bits per heavy atom. The van der Waals surface area contributed by atoms with E-state index in [4.69, 9.17) is 0 Å². The van der Waals surface area contributed by atoms with Gasteiger partial charge >= 0.3 is 6.03 Å². The van der Waals surface area contributed by atoms with Crippen molar-refractivity contribution in [1.82, 2.24) is 10.6 Å². The number of carbonyl (C=O) groups is 1. The zero-order valence-corrected chi connectivity index (χ0v) is 13.1. The molecule has 0 spiro atoms. The van der Waals surface area contributed by atoms with Gasteiger partial charge in [-0.05, 0) is 25.0 Å². The average molecular weight is 308 g/mol. The molecule has 2 unspecified atom stereocenters. The second-order valence-electron chi connectivity index (χ2n) is 5.40. The lowest BCUT2D eigenvalue weighted by Crippen LogP contribution is -2.48. The second kappa shape index (κ2) is 8.95. The summed E-state index contributed by atoms with van der Waals surface area (Å²) in [5.41, 5.74) is 0. The highest BCUT2D eigenvalue weighted by Crippen LogP contribution is 2.23. The summed E-state index contributed by atoms with van der Waals surface area (Å²) in [6, 6.07) is 10.2.